The molecule has 2 aromatic carbocycles. The number of fused-ring (bicyclic) bond motifs is 1. The summed E-state index contributed by atoms with van der Waals surface area (Å²) < 4.78 is 11.0. The molecule has 0 unspecified atom stereocenters. The number of hydrogen-bond acceptors (Lipinski definition) is 4. The number of benzene rings is 2. The van der Waals surface area contributed by atoms with E-state index in [2.05, 4.69) is 22.4 Å². The number of carbonyl (C=O) groups is 1. The van der Waals surface area contributed by atoms with Crippen molar-refractivity contribution in [2.75, 3.05) is 25.1 Å². The molecule has 1 aliphatic heterocycles. The van der Waals surface area contributed by atoms with Gasteiger partial charge in [0.15, 0.2) is 0 Å². The number of nitrogens with one attached hydrogen (secondary N) is 2. The van der Waals surface area contributed by atoms with Crippen molar-refractivity contribution in [2.45, 2.75) is 30.8 Å². The summed E-state index contributed by atoms with van der Waals surface area (Å²) in [5.74, 6) is 1.60. The van der Waals surface area contributed by atoms with Gasteiger partial charge in [-0.25, -0.2) is 0 Å². The third kappa shape index (κ3) is 5.14. The number of amides is 1. The van der Waals surface area contributed by atoms with Crippen LogP contribution in [0.15, 0.2) is 48.5 Å². The molecule has 0 saturated carbocycles. The number of anilines is 1. The topological polar surface area (TPSA) is 63.4 Å². The van der Waals surface area contributed by atoms with Crippen molar-refractivity contribution in [3.8, 4) is 5.75 Å². The second kappa shape index (κ2) is 9.37. The predicted octanol–water partition coefficient (Wildman–Crippen LogP) is 5.23. The summed E-state index contributed by atoms with van der Waals surface area (Å²) in [5.41, 5.74) is 3.46. The average molecular weight is 411 g/mol. The molecule has 0 spiro atoms. The molecule has 1 fully saturated rings. The van der Waals surface area contributed by atoms with Crippen LogP contribution in [0.25, 0.3) is 10.9 Å². The lowest BCUT2D eigenvalue weighted by molar-refractivity contribution is 0.0999. The highest BCUT2D eigenvalue weighted by atomic mass is 32.2. The van der Waals surface area contributed by atoms with Gasteiger partial charge in [-0.1, -0.05) is 12.1 Å². The quantitative estimate of drug-likeness (QED) is 0.560. The van der Waals surface area contributed by atoms with Crippen LogP contribution in [0.2, 0.25) is 0 Å². The van der Waals surface area contributed by atoms with Crippen LogP contribution in [0.5, 0.6) is 5.75 Å². The Bertz CT molecular complexity index is 979. The monoisotopic (exact) mass is 410 g/mol. The van der Waals surface area contributed by atoms with Gasteiger partial charge in [0.25, 0.3) is 5.91 Å². The molecule has 0 atom stereocenters. The van der Waals surface area contributed by atoms with Crippen molar-refractivity contribution < 1.29 is 14.3 Å². The number of aromatic nitrogens is 1. The molecule has 0 radical (unpaired) electrons. The normalized spacial score (nSPS) is 14.8. The van der Waals surface area contributed by atoms with Crippen molar-refractivity contribution in [1.82, 2.24) is 4.98 Å². The maximum atomic E-state index is 12.7. The molecule has 0 bridgehead atoms. The zero-order valence-electron chi connectivity index (χ0n) is 16.6. The molecule has 6 heteroatoms. The minimum absolute atomic E-state index is 0.145. The number of hydrogen-bond donors (Lipinski definition) is 2. The van der Waals surface area contributed by atoms with E-state index in [1.54, 1.807) is 0 Å². The Morgan fingerprint density at radius 1 is 1.21 bits per heavy atom. The lowest BCUT2D eigenvalue weighted by atomic mass is 10.2. The summed E-state index contributed by atoms with van der Waals surface area (Å²) in [5, 5.41) is 4.65. The maximum absolute atomic E-state index is 12.7. The van der Waals surface area contributed by atoms with Crippen molar-refractivity contribution >= 4 is 34.3 Å². The lowest BCUT2D eigenvalue weighted by Gasteiger charge is -2.21. The fraction of sp³-hybridized carbons (Fsp3) is 0.348. The molecule has 1 aliphatic rings. The Balaban J connectivity index is 1.40. The minimum Gasteiger partial charge on any atom is -0.494 e. The van der Waals surface area contributed by atoms with E-state index in [4.69, 9.17) is 9.47 Å². The predicted molar refractivity (Wildman–Crippen MR) is 119 cm³/mol. The first kappa shape index (κ1) is 19.9. The summed E-state index contributed by atoms with van der Waals surface area (Å²) in [4.78, 5) is 15.9. The standard InChI is InChI=1S/C23H26N2O3S/c1-2-28-19-7-6-17-13-22(25-21(17)14-19)23(26)24-18-5-3-4-16(12-18)15-29-20-8-10-27-11-9-20/h3-7,12-14,20,25H,2,8-11,15H2,1H3,(H,24,26). The summed E-state index contributed by atoms with van der Waals surface area (Å²) in [6.45, 7) is 4.30. The van der Waals surface area contributed by atoms with Crippen molar-refractivity contribution in [2.24, 2.45) is 0 Å². The molecule has 0 aliphatic carbocycles. The van der Waals surface area contributed by atoms with Gasteiger partial charge in [-0.2, -0.15) is 11.8 Å². The number of H-pyrrole nitrogens is 1. The van der Waals surface area contributed by atoms with E-state index in [9.17, 15) is 4.79 Å². The number of carbonyl (C=O) groups excluding carboxylic acids is 1. The zero-order chi connectivity index (χ0) is 20.1. The Hall–Kier alpha value is -2.44. The van der Waals surface area contributed by atoms with Crippen LogP contribution in [0.4, 0.5) is 5.69 Å². The molecule has 2 N–H and O–H groups in total. The summed E-state index contributed by atoms with van der Waals surface area (Å²) in [6.07, 6.45) is 2.24. The highest BCUT2D eigenvalue weighted by molar-refractivity contribution is 7.99. The van der Waals surface area contributed by atoms with Crippen LogP contribution in [0, 0.1) is 0 Å². The number of thioether (sulfide) groups is 1. The van der Waals surface area contributed by atoms with Gasteiger partial charge in [-0.3, -0.25) is 4.79 Å². The smallest absolute Gasteiger partial charge is 0.272 e. The van der Waals surface area contributed by atoms with Gasteiger partial charge in [0.05, 0.1) is 6.61 Å². The average Bonchev–Trinajstić information content (AvgIpc) is 3.17. The Labute approximate surface area is 175 Å². The van der Waals surface area contributed by atoms with E-state index in [1.165, 1.54) is 5.56 Å². The first-order chi connectivity index (χ1) is 14.2. The van der Waals surface area contributed by atoms with Gasteiger partial charge in [-0.15, -0.1) is 0 Å². The van der Waals surface area contributed by atoms with Crippen LogP contribution in [0.3, 0.4) is 0 Å². The molecule has 152 valence electrons. The van der Waals surface area contributed by atoms with Gasteiger partial charge in [0.2, 0.25) is 0 Å². The van der Waals surface area contributed by atoms with E-state index in [1.807, 2.05) is 55.1 Å². The largest absolute Gasteiger partial charge is 0.494 e. The molecule has 3 aromatic rings. The SMILES string of the molecule is CCOc1ccc2cc(C(=O)Nc3cccc(CSC4CCOCC4)c3)[nH]c2c1. The van der Waals surface area contributed by atoms with E-state index in [-0.39, 0.29) is 5.91 Å². The lowest BCUT2D eigenvalue weighted by Crippen LogP contribution is -2.17. The molecular formula is C23H26N2O3S. The van der Waals surface area contributed by atoms with E-state index in [0.717, 1.165) is 54.1 Å². The van der Waals surface area contributed by atoms with Crippen LogP contribution in [0.1, 0.15) is 35.8 Å². The molecule has 1 saturated heterocycles. The second-order valence-corrected chi connectivity index (χ2v) is 8.43. The number of aromatic amines is 1. The maximum Gasteiger partial charge on any atom is 0.272 e. The van der Waals surface area contributed by atoms with Gasteiger partial charge in [0.1, 0.15) is 11.4 Å². The third-order valence-corrected chi connectivity index (χ3v) is 6.43. The zero-order valence-corrected chi connectivity index (χ0v) is 17.4. The summed E-state index contributed by atoms with van der Waals surface area (Å²) in [6, 6.07) is 15.8. The van der Waals surface area contributed by atoms with Crippen molar-refractivity contribution in [3.63, 3.8) is 0 Å². The van der Waals surface area contributed by atoms with Crippen molar-refractivity contribution in [3.05, 3.63) is 59.8 Å². The fourth-order valence-electron chi connectivity index (χ4n) is 3.48. The summed E-state index contributed by atoms with van der Waals surface area (Å²) >= 11 is 1.97. The molecule has 2 heterocycles. The van der Waals surface area contributed by atoms with Crippen LogP contribution in [-0.4, -0.2) is 36.0 Å². The van der Waals surface area contributed by atoms with Crippen molar-refractivity contribution in [1.29, 1.82) is 0 Å². The van der Waals surface area contributed by atoms with Gasteiger partial charge in [-0.05, 0) is 55.7 Å². The molecule has 29 heavy (non-hydrogen) atoms. The molecule has 4 rings (SSSR count). The van der Waals surface area contributed by atoms with Crippen LogP contribution < -0.4 is 10.1 Å². The van der Waals surface area contributed by atoms with Gasteiger partial charge < -0.3 is 19.8 Å². The second-order valence-electron chi connectivity index (χ2n) is 7.14. The highest BCUT2D eigenvalue weighted by Gasteiger charge is 2.15. The number of ether oxygens (including phenoxy) is 2. The molecule has 1 aromatic heterocycles. The van der Waals surface area contributed by atoms with E-state index >= 15 is 0 Å². The minimum atomic E-state index is -0.145. The van der Waals surface area contributed by atoms with Gasteiger partial charge in [0, 0.05) is 46.9 Å². The Kier molecular flexibility index (Phi) is 6.42. The Morgan fingerprint density at radius 3 is 2.90 bits per heavy atom. The molecule has 1 amide bonds. The first-order valence-electron chi connectivity index (χ1n) is 10.1. The highest BCUT2D eigenvalue weighted by Crippen LogP contribution is 2.27. The number of rotatable bonds is 7. The Morgan fingerprint density at radius 2 is 2.07 bits per heavy atom. The first-order valence-corrected chi connectivity index (χ1v) is 11.1. The van der Waals surface area contributed by atoms with E-state index < -0.39 is 0 Å². The third-order valence-electron chi connectivity index (χ3n) is 4.99. The molecule has 5 nitrogen and oxygen atoms in total. The fourth-order valence-corrected chi connectivity index (χ4v) is 4.61. The van der Waals surface area contributed by atoms with Gasteiger partial charge >= 0.3 is 0 Å². The van der Waals surface area contributed by atoms with E-state index in [0.29, 0.717) is 17.6 Å². The van der Waals surface area contributed by atoms with Crippen LogP contribution in [-0.2, 0) is 10.5 Å². The van der Waals surface area contributed by atoms with Crippen LogP contribution >= 0.6 is 11.8 Å². The summed E-state index contributed by atoms with van der Waals surface area (Å²) in [7, 11) is 0. The molecular weight excluding hydrogens is 384 g/mol.